The van der Waals surface area contributed by atoms with Gasteiger partial charge in [0.15, 0.2) is 0 Å². The summed E-state index contributed by atoms with van der Waals surface area (Å²) in [6.45, 7) is 9.53. The van der Waals surface area contributed by atoms with Crippen LogP contribution in [0.5, 0.6) is 5.75 Å². The standard InChI is InChI=1S/C15H25NO/c1-5-7-15(11-16-12(2)3)17-14-9-6-8-13(4)10-14/h6,8-10,12,15-16H,5,7,11H2,1-4H3. The van der Waals surface area contributed by atoms with Crippen LogP contribution >= 0.6 is 0 Å². The molecule has 0 aliphatic rings. The minimum atomic E-state index is 0.268. The average Bonchev–Trinajstić information content (AvgIpc) is 2.26. The Labute approximate surface area is 105 Å². The molecule has 2 nitrogen and oxygen atoms in total. The van der Waals surface area contributed by atoms with Crippen molar-refractivity contribution in [3.8, 4) is 5.75 Å². The van der Waals surface area contributed by atoms with Crippen LogP contribution in [0.15, 0.2) is 24.3 Å². The van der Waals surface area contributed by atoms with Gasteiger partial charge in [-0.3, -0.25) is 0 Å². The summed E-state index contributed by atoms with van der Waals surface area (Å²) in [6, 6.07) is 8.77. The number of hydrogen-bond donors (Lipinski definition) is 1. The Morgan fingerprint density at radius 1 is 1.29 bits per heavy atom. The van der Waals surface area contributed by atoms with Crippen LogP contribution in [0.3, 0.4) is 0 Å². The van der Waals surface area contributed by atoms with Crippen LogP contribution in [0.25, 0.3) is 0 Å². The Bertz CT molecular complexity index is 322. The summed E-state index contributed by atoms with van der Waals surface area (Å²) in [5.41, 5.74) is 1.24. The highest BCUT2D eigenvalue weighted by Gasteiger charge is 2.10. The van der Waals surface area contributed by atoms with Gasteiger partial charge in [0.2, 0.25) is 0 Å². The predicted molar refractivity (Wildman–Crippen MR) is 73.6 cm³/mol. The van der Waals surface area contributed by atoms with E-state index in [-0.39, 0.29) is 6.10 Å². The molecular formula is C15H25NO. The number of hydrogen-bond acceptors (Lipinski definition) is 2. The third-order valence-corrected chi connectivity index (χ3v) is 2.66. The van der Waals surface area contributed by atoms with Crippen molar-refractivity contribution in [3.05, 3.63) is 29.8 Å². The molecule has 0 radical (unpaired) electrons. The van der Waals surface area contributed by atoms with Gasteiger partial charge in [-0.15, -0.1) is 0 Å². The fourth-order valence-corrected chi connectivity index (χ4v) is 1.77. The summed E-state index contributed by atoms with van der Waals surface area (Å²) >= 11 is 0. The topological polar surface area (TPSA) is 21.3 Å². The van der Waals surface area contributed by atoms with E-state index < -0.39 is 0 Å². The average molecular weight is 235 g/mol. The fourth-order valence-electron chi connectivity index (χ4n) is 1.77. The van der Waals surface area contributed by atoms with Crippen LogP contribution in [0.1, 0.15) is 39.2 Å². The van der Waals surface area contributed by atoms with E-state index in [2.05, 4.69) is 45.1 Å². The van der Waals surface area contributed by atoms with Crippen molar-refractivity contribution in [1.29, 1.82) is 0 Å². The smallest absolute Gasteiger partial charge is 0.120 e. The molecular weight excluding hydrogens is 210 g/mol. The van der Waals surface area contributed by atoms with Crippen molar-refractivity contribution in [1.82, 2.24) is 5.32 Å². The third-order valence-electron chi connectivity index (χ3n) is 2.66. The van der Waals surface area contributed by atoms with Crippen LogP contribution in [-0.4, -0.2) is 18.7 Å². The third kappa shape index (κ3) is 5.73. The van der Waals surface area contributed by atoms with Gasteiger partial charge in [-0.1, -0.05) is 39.3 Å². The van der Waals surface area contributed by atoms with Crippen LogP contribution in [-0.2, 0) is 0 Å². The number of benzene rings is 1. The van der Waals surface area contributed by atoms with Gasteiger partial charge >= 0.3 is 0 Å². The summed E-state index contributed by atoms with van der Waals surface area (Å²) in [5, 5.41) is 3.44. The van der Waals surface area contributed by atoms with Crippen molar-refractivity contribution < 1.29 is 4.74 Å². The molecule has 0 bridgehead atoms. The molecule has 0 saturated heterocycles. The SMILES string of the molecule is CCCC(CNC(C)C)Oc1cccc(C)c1. The Morgan fingerprint density at radius 3 is 2.65 bits per heavy atom. The lowest BCUT2D eigenvalue weighted by Gasteiger charge is -2.20. The molecule has 0 aliphatic carbocycles. The molecule has 0 amide bonds. The van der Waals surface area contributed by atoms with Gasteiger partial charge in [0.25, 0.3) is 0 Å². The normalized spacial score (nSPS) is 12.8. The number of nitrogens with one attached hydrogen (secondary N) is 1. The molecule has 0 saturated carbocycles. The summed E-state index contributed by atoms with van der Waals surface area (Å²) in [7, 11) is 0. The van der Waals surface area contributed by atoms with Crippen LogP contribution in [0.4, 0.5) is 0 Å². The Morgan fingerprint density at radius 2 is 2.06 bits per heavy atom. The fraction of sp³-hybridized carbons (Fsp3) is 0.600. The molecule has 1 aromatic rings. The van der Waals surface area contributed by atoms with E-state index in [0.29, 0.717) is 6.04 Å². The molecule has 2 heteroatoms. The van der Waals surface area contributed by atoms with Gasteiger partial charge in [0.05, 0.1) is 0 Å². The predicted octanol–water partition coefficient (Wildman–Crippen LogP) is 3.54. The summed E-state index contributed by atoms with van der Waals surface area (Å²) in [5.74, 6) is 0.981. The second kappa shape index (κ2) is 7.33. The maximum atomic E-state index is 6.02. The van der Waals surface area contributed by atoms with Gasteiger partial charge < -0.3 is 10.1 Å². The highest BCUT2D eigenvalue weighted by molar-refractivity contribution is 5.27. The molecule has 0 fully saturated rings. The first-order chi connectivity index (χ1) is 8.11. The van der Waals surface area contributed by atoms with E-state index in [0.717, 1.165) is 25.1 Å². The van der Waals surface area contributed by atoms with Gasteiger partial charge in [-0.05, 0) is 31.0 Å². The Balaban J connectivity index is 2.53. The van der Waals surface area contributed by atoms with E-state index in [1.807, 2.05) is 12.1 Å². The van der Waals surface area contributed by atoms with Gasteiger partial charge in [-0.2, -0.15) is 0 Å². The largest absolute Gasteiger partial charge is 0.489 e. The molecule has 1 N–H and O–H groups in total. The quantitative estimate of drug-likeness (QED) is 0.780. The molecule has 1 atom stereocenters. The molecule has 0 heterocycles. The van der Waals surface area contributed by atoms with Crippen molar-refractivity contribution in [2.75, 3.05) is 6.54 Å². The number of aryl methyl sites for hydroxylation is 1. The summed E-state index contributed by atoms with van der Waals surface area (Å²) < 4.78 is 6.02. The van der Waals surface area contributed by atoms with Crippen LogP contribution in [0.2, 0.25) is 0 Å². The van der Waals surface area contributed by atoms with Gasteiger partial charge in [0.1, 0.15) is 11.9 Å². The Kier molecular flexibility index (Phi) is 6.06. The van der Waals surface area contributed by atoms with Crippen molar-refractivity contribution in [3.63, 3.8) is 0 Å². The molecule has 1 unspecified atom stereocenters. The van der Waals surface area contributed by atoms with E-state index in [1.54, 1.807) is 0 Å². The van der Waals surface area contributed by atoms with Crippen molar-refractivity contribution in [2.24, 2.45) is 0 Å². The first-order valence-electron chi connectivity index (χ1n) is 6.58. The molecule has 0 spiro atoms. The molecule has 96 valence electrons. The second-order valence-corrected chi connectivity index (χ2v) is 4.91. The lowest BCUT2D eigenvalue weighted by Crippen LogP contribution is -2.35. The lowest BCUT2D eigenvalue weighted by molar-refractivity contribution is 0.183. The highest BCUT2D eigenvalue weighted by atomic mass is 16.5. The monoisotopic (exact) mass is 235 g/mol. The maximum Gasteiger partial charge on any atom is 0.120 e. The Hall–Kier alpha value is -1.02. The molecule has 1 rings (SSSR count). The zero-order valence-electron chi connectivity index (χ0n) is 11.5. The number of ether oxygens (including phenoxy) is 1. The van der Waals surface area contributed by atoms with Gasteiger partial charge in [0, 0.05) is 12.6 Å². The first kappa shape index (κ1) is 14.0. The van der Waals surface area contributed by atoms with Crippen LogP contribution in [0, 0.1) is 6.92 Å². The first-order valence-corrected chi connectivity index (χ1v) is 6.58. The summed E-state index contributed by atoms with van der Waals surface area (Å²) in [4.78, 5) is 0. The zero-order valence-corrected chi connectivity index (χ0v) is 11.5. The van der Waals surface area contributed by atoms with E-state index in [9.17, 15) is 0 Å². The molecule has 0 aromatic heterocycles. The van der Waals surface area contributed by atoms with E-state index in [1.165, 1.54) is 5.56 Å². The maximum absolute atomic E-state index is 6.02. The highest BCUT2D eigenvalue weighted by Crippen LogP contribution is 2.15. The van der Waals surface area contributed by atoms with Crippen molar-refractivity contribution in [2.45, 2.75) is 52.7 Å². The molecule has 17 heavy (non-hydrogen) atoms. The molecule has 1 aromatic carbocycles. The van der Waals surface area contributed by atoms with E-state index in [4.69, 9.17) is 4.74 Å². The lowest BCUT2D eigenvalue weighted by atomic mass is 10.2. The second-order valence-electron chi connectivity index (χ2n) is 4.91. The van der Waals surface area contributed by atoms with Crippen molar-refractivity contribution >= 4 is 0 Å². The zero-order chi connectivity index (χ0) is 12.7. The van der Waals surface area contributed by atoms with E-state index >= 15 is 0 Å². The molecule has 0 aliphatic heterocycles. The minimum absolute atomic E-state index is 0.268. The number of rotatable bonds is 7. The minimum Gasteiger partial charge on any atom is -0.489 e. The van der Waals surface area contributed by atoms with Crippen LogP contribution < -0.4 is 10.1 Å². The van der Waals surface area contributed by atoms with Gasteiger partial charge in [-0.25, -0.2) is 0 Å². The summed E-state index contributed by atoms with van der Waals surface area (Å²) in [6.07, 6.45) is 2.51.